The number of ketones is 1. The van der Waals surface area contributed by atoms with Crippen molar-refractivity contribution in [2.45, 2.75) is 19.4 Å². The summed E-state index contributed by atoms with van der Waals surface area (Å²) in [6.45, 7) is 1.71. The molecule has 130 valence electrons. The van der Waals surface area contributed by atoms with Crippen LogP contribution in [-0.2, 0) is 9.59 Å². The second kappa shape index (κ2) is 6.15. The van der Waals surface area contributed by atoms with Crippen molar-refractivity contribution in [3.05, 3.63) is 71.5 Å². The summed E-state index contributed by atoms with van der Waals surface area (Å²) in [4.78, 5) is 34.2. The zero-order chi connectivity index (χ0) is 18.3. The Morgan fingerprint density at radius 2 is 1.85 bits per heavy atom. The third kappa shape index (κ3) is 2.38. The second-order valence-corrected chi connectivity index (χ2v) is 6.10. The first kappa shape index (κ1) is 16.1. The van der Waals surface area contributed by atoms with Crippen molar-refractivity contribution >= 4 is 28.7 Å². The number of benzene rings is 2. The number of aromatic nitrogens is 2. The Hall–Kier alpha value is -3.41. The summed E-state index contributed by atoms with van der Waals surface area (Å²) in [5.74, 6) is -1.10. The van der Waals surface area contributed by atoms with Crippen molar-refractivity contribution in [1.82, 2.24) is 9.97 Å². The predicted octanol–water partition coefficient (Wildman–Crippen LogP) is 3.44. The first-order chi connectivity index (χ1) is 12.6. The predicted molar refractivity (Wildman–Crippen MR) is 97.7 cm³/mol. The van der Waals surface area contributed by atoms with Crippen LogP contribution in [0.5, 0.6) is 0 Å². The summed E-state index contributed by atoms with van der Waals surface area (Å²) in [5, 5.41) is 10.4. The number of para-hydroxylation sites is 2. The molecule has 1 aliphatic heterocycles. The zero-order valence-corrected chi connectivity index (χ0v) is 14.1. The number of fused-ring (bicyclic) bond motifs is 1. The molecule has 26 heavy (non-hydrogen) atoms. The van der Waals surface area contributed by atoms with Gasteiger partial charge in [0.15, 0.2) is 11.5 Å². The number of nitrogens with one attached hydrogen (secondary N) is 1. The van der Waals surface area contributed by atoms with Crippen molar-refractivity contribution < 1.29 is 14.7 Å². The van der Waals surface area contributed by atoms with E-state index < -0.39 is 17.7 Å². The van der Waals surface area contributed by atoms with Gasteiger partial charge in [0.05, 0.1) is 22.6 Å². The van der Waals surface area contributed by atoms with Crippen LogP contribution in [0, 0.1) is 0 Å². The lowest BCUT2D eigenvalue weighted by molar-refractivity contribution is -0.118. The lowest BCUT2D eigenvalue weighted by Gasteiger charge is -2.24. The van der Waals surface area contributed by atoms with E-state index in [1.807, 2.05) is 54.6 Å². The Morgan fingerprint density at radius 1 is 1.15 bits per heavy atom. The molecule has 6 heteroatoms. The van der Waals surface area contributed by atoms with Gasteiger partial charge in [-0.05, 0) is 17.7 Å². The Balaban J connectivity index is 1.90. The summed E-state index contributed by atoms with van der Waals surface area (Å²) in [6.07, 6.45) is 0.198. The van der Waals surface area contributed by atoms with E-state index in [-0.39, 0.29) is 17.8 Å². The molecule has 0 radical (unpaired) electrons. The fourth-order valence-electron chi connectivity index (χ4n) is 3.30. The number of amides is 1. The van der Waals surface area contributed by atoms with E-state index in [0.29, 0.717) is 11.5 Å². The lowest BCUT2D eigenvalue weighted by Crippen LogP contribution is -2.31. The van der Waals surface area contributed by atoms with Gasteiger partial charge < -0.3 is 10.1 Å². The molecule has 0 saturated heterocycles. The first-order valence-corrected chi connectivity index (χ1v) is 8.41. The molecular formula is C20H17N3O3. The number of carbonyl (C=O) groups excluding carboxylic acids is 2. The number of imidazole rings is 1. The van der Waals surface area contributed by atoms with Crippen LogP contribution in [0.2, 0.25) is 0 Å². The molecular weight excluding hydrogens is 330 g/mol. The maximum absolute atomic E-state index is 12.8. The molecule has 6 nitrogen and oxygen atoms in total. The fourth-order valence-corrected chi connectivity index (χ4v) is 3.30. The molecule has 2 aromatic carbocycles. The molecule has 1 atom stereocenters. The topological polar surface area (TPSA) is 86.3 Å². The summed E-state index contributed by atoms with van der Waals surface area (Å²) >= 11 is 0. The average Bonchev–Trinajstić information content (AvgIpc) is 3.21. The molecule has 1 aromatic heterocycles. The van der Waals surface area contributed by atoms with E-state index in [4.69, 9.17) is 0 Å². The van der Waals surface area contributed by atoms with Gasteiger partial charge in [0.2, 0.25) is 5.95 Å². The van der Waals surface area contributed by atoms with Gasteiger partial charge in [-0.25, -0.2) is 4.98 Å². The van der Waals surface area contributed by atoms with E-state index in [1.165, 1.54) is 4.90 Å². The van der Waals surface area contributed by atoms with Gasteiger partial charge in [-0.15, -0.1) is 0 Å². The number of nitrogens with zero attached hydrogens (tertiary/aromatic N) is 2. The van der Waals surface area contributed by atoms with E-state index in [2.05, 4.69) is 9.97 Å². The largest absolute Gasteiger partial charge is 0.503 e. The quantitative estimate of drug-likeness (QED) is 0.757. The molecule has 3 aromatic rings. The number of aromatic amines is 1. The number of Topliss-reactive ketones (excluding diaryl/α,β-unsaturated/α-hetero) is 1. The third-order valence-electron chi connectivity index (χ3n) is 4.55. The highest BCUT2D eigenvalue weighted by atomic mass is 16.3. The standard InChI is InChI=1S/C20H17N3O3/c1-2-15(24)16-17(12-8-4-3-5-9-12)23(19(26)18(16)25)20-21-13-10-6-7-11-14(13)22-20/h3-11,17,25H,2H2,1H3,(H,21,22). The molecule has 0 bridgehead atoms. The number of rotatable bonds is 4. The maximum Gasteiger partial charge on any atom is 0.296 e. The number of H-pyrrole nitrogens is 1. The minimum atomic E-state index is -0.711. The highest BCUT2D eigenvalue weighted by Crippen LogP contribution is 2.40. The number of anilines is 1. The van der Waals surface area contributed by atoms with Gasteiger partial charge in [0.1, 0.15) is 0 Å². The van der Waals surface area contributed by atoms with Gasteiger partial charge in [0.25, 0.3) is 5.91 Å². The van der Waals surface area contributed by atoms with Crippen molar-refractivity contribution in [1.29, 1.82) is 0 Å². The molecule has 2 heterocycles. The minimum Gasteiger partial charge on any atom is -0.503 e. The first-order valence-electron chi connectivity index (χ1n) is 8.41. The van der Waals surface area contributed by atoms with E-state index in [0.717, 1.165) is 11.1 Å². The number of aliphatic hydroxyl groups is 1. The van der Waals surface area contributed by atoms with Crippen LogP contribution in [0.1, 0.15) is 24.9 Å². The number of hydrogen-bond donors (Lipinski definition) is 2. The van der Waals surface area contributed by atoms with Crippen LogP contribution in [-0.4, -0.2) is 26.8 Å². The molecule has 0 aliphatic carbocycles. The summed E-state index contributed by atoms with van der Waals surface area (Å²) in [6, 6.07) is 15.9. The van der Waals surface area contributed by atoms with Crippen LogP contribution in [0.15, 0.2) is 65.9 Å². The van der Waals surface area contributed by atoms with Gasteiger partial charge >= 0.3 is 0 Å². The van der Waals surface area contributed by atoms with Crippen molar-refractivity contribution in [3.63, 3.8) is 0 Å². The van der Waals surface area contributed by atoms with Gasteiger partial charge in [-0.1, -0.05) is 49.4 Å². The van der Waals surface area contributed by atoms with Crippen molar-refractivity contribution in [3.8, 4) is 0 Å². The summed E-state index contributed by atoms with van der Waals surface area (Å²) < 4.78 is 0. The normalized spacial score (nSPS) is 17.3. The van der Waals surface area contributed by atoms with Crippen LogP contribution >= 0.6 is 0 Å². The molecule has 1 aliphatic rings. The fraction of sp³-hybridized carbons (Fsp3) is 0.150. The van der Waals surface area contributed by atoms with E-state index in [1.54, 1.807) is 6.92 Å². The Kier molecular flexibility index (Phi) is 3.80. The highest BCUT2D eigenvalue weighted by Gasteiger charge is 2.45. The number of hydrogen-bond acceptors (Lipinski definition) is 4. The smallest absolute Gasteiger partial charge is 0.296 e. The average molecular weight is 347 g/mol. The number of carbonyl (C=O) groups is 2. The molecule has 2 N–H and O–H groups in total. The Labute approximate surface area is 149 Å². The number of aliphatic hydroxyl groups excluding tert-OH is 1. The van der Waals surface area contributed by atoms with Gasteiger partial charge in [-0.3, -0.25) is 14.5 Å². The molecule has 4 rings (SSSR count). The third-order valence-corrected chi connectivity index (χ3v) is 4.55. The Bertz CT molecular complexity index is 1000. The van der Waals surface area contributed by atoms with E-state index in [9.17, 15) is 14.7 Å². The molecule has 0 saturated carbocycles. The zero-order valence-electron chi connectivity index (χ0n) is 14.1. The minimum absolute atomic E-state index is 0.115. The SMILES string of the molecule is CCC(=O)C1=C(O)C(=O)N(c2nc3ccccc3[nH]2)C1c1ccccc1. The van der Waals surface area contributed by atoms with Gasteiger partial charge in [0, 0.05) is 6.42 Å². The maximum atomic E-state index is 12.8. The Morgan fingerprint density at radius 3 is 2.54 bits per heavy atom. The van der Waals surface area contributed by atoms with Crippen molar-refractivity contribution in [2.24, 2.45) is 0 Å². The molecule has 1 unspecified atom stereocenters. The highest BCUT2D eigenvalue weighted by molar-refractivity contribution is 6.16. The van der Waals surface area contributed by atoms with E-state index >= 15 is 0 Å². The molecule has 1 amide bonds. The second-order valence-electron chi connectivity index (χ2n) is 6.10. The van der Waals surface area contributed by atoms with Crippen LogP contribution in [0.25, 0.3) is 11.0 Å². The van der Waals surface area contributed by atoms with Gasteiger partial charge in [-0.2, -0.15) is 0 Å². The molecule has 0 spiro atoms. The molecule has 0 fully saturated rings. The summed E-state index contributed by atoms with van der Waals surface area (Å²) in [5.41, 5.74) is 2.33. The monoisotopic (exact) mass is 347 g/mol. The summed E-state index contributed by atoms with van der Waals surface area (Å²) in [7, 11) is 0. The van der Waals surface area contributed by atoms with Crippen molar-refractivity contribution in [2.75, 3.05) is 4.90 Å². The van der Waals surface area contributed by atoms with Crippen LogP contribution < -0.4 is 4.90 Å². The lowest BCUT2D eigenvalue weighted by atomic mass is 9.95. The van der Waals surface area contributed by atoms with Crippen LogP contribution in [0.3, 0.4) is 0 Å². The van der Waals surface area contributed by atoms with Crippen LogP contribution in [0.4, 0.5) is 5.95 Å².